The summed E-state index contributed by atoms with van der Waals surface area (Å²) >= 11 is 0. The average molecular weight is 230 g/mol. The summed E-state index contributed by atoms with van der Waals surface area (Å²) in [5.74, 6) is 0. The number of hydrogen-bond acceptors (Lipinski definition) is 4. The summed E-state index contributed by atoms with van der Waals surface area (Å²) in [5.41, 5.74) is 0. The Bertz CT molecular complexity index is 178. The van der Waals surface area contributed by atoms with Gasteiger partial charge in [-0.25, -0.2) is 0 Å². The number of nitrogens with one attached hydrogen (secondary N) is 1. The number of morpholine rings is 1. The van der Waals surface area contributed by atoms with Crippen molar-refractivity contribution in [2.45, 2.75) is 32.4 Å². The number of hydrogen-bond donors (Lipinski definition) is 1. The van der Waals surface area contributed by atoms with Gasteiger partial charge >= 0.3 is 0 Å². The van der Waals surface area contributed by atoms with Gasteiger partial charge in [0.1, 0.15) is 0 Å². The van der Waals surface area contributed by atoms with Gasteiger partial charge in [-0.3, -0.25) is 4.90 Å². The van der Waals surface area contributed by atoms with E-state index in [0.29, 0.717) is 12.1 Å². The molecule has 4 nitrogen and oxygen atoms in total. The summed E-state index contributed by atoms with van der Waals surface area (Å²) in [6.07, 6.45) is 1.17. The molecule has 0 spiro atoms. The smallest absolute Gasteiger partial charge is 0.0622 e. The minimum absolute atomic E-state index is 0.436. The molecule has 16 heavy (non-hydrogen) atoms. The van der Waals surface area contributed by atoms with E-state index in [1.54, 1.807) is 7.11 Å². The van der Waals surface area contributed by atoms with Crippen molar-refractivity contribution < 1.29 is 9.47 Å². The van der Waals surface area contributed by atoms with E-state index < -0.39 is 0 Å². The minimum atomic E-state index is 0.436. The fourth-order valence-electron chi connectivity index (χ4n) is 2.12. The quantitative estimate of drug-likeness (QED) is 0.699. The van der Waals surface area contributed by atoms with Gasteiger partial charge in [-0.05, 0) is 13.3 Å². The summed E-state index contributed by atoms with van der Waals surface area (Å²) in [6, 6.07) is 1.04. The van der Waals surface area contributed by atoms with Gasteiger partial charge in [-0.15, -0.1) is 0 Å². The van der Waals surface area contributed by atoms with Crippen LogP contribution in [-0.4, -0.2) is 63.5 Å². The third-order valence-corrected chi connectivity index (χ3v) is 3.13. The van der Waals surface area contributed by atoms with Gasteiger partial charge in [0.25, 0.3) is 0 Å². The van der Waals surface area contributed by atoms with E-state index in [4.69, 9.17) is 9.47 Å². The lowest BCUT2D eigenvalue weighted by atomic mass is 10.2. The van der Waals surface area contributed by atoms with Gasteiger partial charge < -0.3 is 14.8 Å². The normalized spacial score (nSPS) is 24.6. The van der Waals surface area contributed by atoms with E-state index >= 15 is 0 Å². The molecule has 0 radical (unpaired) electrons. The number of rotatable bonds is 7. The SMILES string of the molecule is CCC1COCCN1CCNC(C)COC. The first-order chi connectivity index (χ1) is 7.77. The molecule has 0 aromatic heterocycles. The number of methoxy groups -OCH3 is 1. The summed E-state index contributed by atoms with van der Waals surface area (Å²) in [4.78, 5) is 2.52. The van der Waals surface area contributed by atoms with Crippen LogP contribution in [0.15, 0.2) is 0 Å². The first-order valence-electron chi connectivity index (χ1n) is 6.32. The molecule has 0 aliphatic carbocycles. The number of nitrogens with zero attached hydrogens (tertiary/aromatic N) is 1. The Morgan fingerprint density at radius 1 is 1.56 bits per heavy atom. The van der Waals surface area contributed by atoms with Crippen LogP contribution < -0.4 is 5.32 Å². The Balaban J connectivity index is 2.15. The Kier molecular flexibility index (Phi) is 6.96. The summed E-state index contributed by atoms with van der Waals surface area (Å²) in [7, 11) is 1.74. The minimum Gasteiger partial charge on any atom is -0.383 e. The van der Waals surface area contributed by atoms with Crippen LogP contribution in [0.5, 0.6) is 0 Å². The van der Waals surface area contributed by atoms with Crippen LogP contribution in [0.1, 0.15) is 20.3 Å². The summed E-state index contributed by atoms with van der Waals surface area (Å²) < 4.78 is 10.6. The molecule has 0 bridgehead atoms. The van der Waals surface area contributed by atoms with E-state index in [1.807, 2.05) is 0 Å². The highest BCUT2D eigenvalue weighted by molar-refractivity contribution is 4.75. The molecule has 1 heterocycles. The molecule has 1 fully saturated rings. The average Bonchev–Trinajstić information content (AvgIpc) is 2.30. The highest BCUT2D eigenvalue weighted by Gasteiger charge is 2.20. The van der Waals surface area contributed by atoms with Crippen LogP contribution >= 0.6 is 0 Å². The maximum Gasteiger partial charge on any atom is 0.0622 e. The Morgan fingerprint density at radius 3 is 3.06 bits per heavy atom. The molecular formula is C12H26N2O2. The predicted octanol–water partition coefficient (Wildman–Crippen LogP) is 0.722. The summed E-state index contributed by atoms with van der Waals surface area (Å²) in [5, 5.41) is 3.47. The fraction of sp³-hybridized carbons (Fsp3) is 1.00. The van der Waals surface area contributed by atoms with E-state index in [1.165, 1.54) is 6.42 Å². The lowest BCUT2D eigenvalue weighted by Crippen LogP contribution is -2.48. The van der Waals surface area contributed by atoms with Gasteiger partial charge in [0.05, 0.1) is 19.8 Å². The van der Waals surface area contributed by atoms with Gasteiger partial charge in [-0.1, -0.05) is 6.92 Å². The molecule has 2 unspecified atom stereocenters. The Labute approximate surface area is 99.3 Å². The van der Waals surface area contributed by atoms with Crippen molar-refractivity contribution in [3.63, 3.8) is 0 Å². The maximum absolute atomic E-state index is 5.49. The monoisotopic (exact) mass is 230 g/mol. The zero-order valence-electron chi connectivity index (χ0n) is 10.9. The van der Waals surface area contributed by atoms with Crippen molar-refractivity contribution in [1.82, 2.24) is 10.2 Å². The van der Waals surface area contributed by atoms with Gasteiger partial charge in [0.2, 0.25) is 0 Å². The second-order valence-electron chi connectivity index (χ2n) is 4.48. The van der Waals surface area contributed by atoms with Crippen molar-refractivity contribution in [3.05, 3.63) is 0 Å². The van der Waals surface area contributed by atoms with Gasteiger partial charge in [0, 0.05) is 38.8 Å². The molecule has 0 aromatic rings. The first-order valence-corrected chi connectivity index (χ1v) is 6.32. The van der Waals surface area contributed by atoms with Crippen molar-refractivity contribution in [2.75, 3.05) is 46.6 Å². The molecule has 1 N–H and O–H groups in total. The second-order valence-corrected chi connectivity index (χ2v) is 4.48. The predicted molar refractivity (Wildman–Crippen MR) is 65.8 cm³/mol. The first kappa shape index (κ1) is 13.9. The van der Waals surface area contributed by atoms with Crippen molar-refractivity contribution in [3.8, 4) is 0 Å². The van der Waals surface area contributed by atoms with E-state index in [-0.39, 0.29) is 0 Å². The highest BCUT2D eigenvalue weighted by Crippen LogP contribution is 2.08. The van der Waals surface area contributed by atoms with Crippen LogP contribution in [-0.2, 0) is 9.47 Å². The summed E-state index contributed by atoms with van der Waals surface area (Å²) in [6.45, 7) is 10.1. The van der Waals surface area contributed by atoms with E-state index in [9.17, 15) is 0 Å². The molecule has 1 aliphatic rings. The van der Waals surface area contributed by atoms with Crippen molar-refractivity contribution in [2.24, 2.45) is 0 Å². The standard InChI is InChI=1S/C12H26N2O2/c1-4-12-10-16-8-7-14(12)6-5-13-11(2)9-15-3/h11-13H,4-10H2,1-3H3. The molecule has 4 heteroatoms. The zero-order valence-corrected chi connectivity index (χ0v) is 10.9. The second kappa shape index (κ2) is 8.01. The molecule has 2 atom stereocenters. The maximum atomic E-state index is 5.49. The van der Waals surface area contributed by atoms with Gasteiger partial charge in [-0.2, -0.15) is 0 Å². The van der Waals surface area contributed by atoms with Crippen LogP contribution in [0.25, 0.3) is 0 Å². The Hall–Kier alpha value is -0.160. The fourth-order valence-corrected chi connectivity index (χ4v) is 2.12. The molecule has 1 saturated heterocycles. The molecule has 1 rings (SSSR count). The molecule has 0 saturated carbocycles. The molecular weight excluding hydrogens is 204 g/mol. The van der Waals surface area contributed by atoms with Crippen LogP contribution in [0, 0.1) is 0 Å². The lowest BCUT2D eigenvalue weighted by Gasteiger charge is -2.35. The molecule has 0 amide bonds. The van der Waals surface area contributed by atoms with Crippen LogP contribution in [0.3, 0.4) is 0 Å². The molecule has 0 aromatic carbocycles. The van der Waals surface area contributed by atoms with Gasteiger partial charge in [0.15, 0.2) is 0 Å². The van der Waals surface area contributed by atoms with Crippen molar-refractivity contribution in [1.29, 1.82) is 0 Å². The zero-order chi connectivity index (χ0) is 11.8. The number of ether oxygens (including phenoxy) is 2. The van der Waals surface area contributed by atoms with E-state index in [2.05, 4.69) is 24.1 Å². The topological polar surface area (TPSA) is 33.7 Å². The van der Waals surface area contributed by atoms with Crippen molar-refractivity contribution >= 4 is 0 Å². The molecule has 1 aliphatic heterocycles. The Morgan fingerprint density at radius 2 is 2.38 bits per heavy atom. The highest BCUT2D eigenvalue weighted by atomic mass is 16.5. The largest absolute Gasteiger partial charge is 0.383 e. The van der Waals surface area contributed by atoms with Crippen LogP contribution in [0.2, 0.25) is 0 Å². The van der Waals surface area contributed by atoms with E-state index in [0.717, 1.165) is 39.5 Å². The molecule has 96 valence electrons. The third kappa shape index (κ3) is 4.78. The van der Waals surface area contributed by atoms with Crippen LogP contribution in [0.4, 0.5) is 0 Å². The third-order valence-electron chi connectivity index (χ3n) is 3.13. The lowest BCUT2D eigenvalue weighted by molar-refractivity contribution is -0.00829.